The smallest absolute Gasteiger partial charge is 0.315 e. The van der Waals surface area contributed by atoms with Crippen molar-refractivity contribution in [3.63, 3.8) is 0 Å². The molecule has 0 saturated heterocycles. The fourth-order valence-electron chi connectivity index (χ4n) is 3.38. The topological polar surface area (TPSA) is 67.1 Å². The molecular formula is C15H29N3O. The van der Waals surface area contributed by atoms with E-state index in [0.29, 0.717) is 12.0 Å². The molecule has 0 aromatic heterocycles. The third-order valence-electron chi connectivity index (χ3n) is 4.68. The summed E-state index contributed by atoms with van der Waals surface area (Å²) in [7, 11) is 0. The molecule has 2 saturated carbocycles. The molecule has 2 fully saturated rings. The van der Waals surface area contributed by atoms with Crippen LogP contribution in [0.1, 0.15) is 64.2 Å². The molecular weight excluding hydrogens is 238 g/mol. The van der Waals surface area contributed by atoms with Gasteiger partial charge in [0.15, 0.2) is 0 Å². The summed E-state index contributed by atoms with van der Waals surface area (Å²) in [6, 6.07) is 0.656. The summed E-state index contributed by atoms with van der Waals surface area (Å²) in [5.74, 6) is 0.475. The summed E-state index contributed by atoms with van der Waals surface area (Å²) in [5.41, 5.74) is 6.02. The van der Waals surface area contributed by atoms with E-state index in [1.807, 2.05) is 0 Å². The highest BCUT2D eigenvalue weighted by atomic mass is 16.2. The van der Waals surface area contributed by atoms with Crippen molar-refractivity contribution in [2.24, 2.45) is 11.7 Å². The normalized spacial score (nSPS) is 29.5. The predicted octanol–water partition coefficient (Wildman–Crippen LogP) is 2.53. The van der Waals surface area contributed by atoms with E-state index in [0.717, 1.165) is 32.2 Å². The number of urea groups is 1. The van der Waals surface area contributed by atoms with Crippen molar-refractivity contribution >= 4 is 6.03 Å². The van der Waals surface area contributed by atoms with Gasteiger partial charge in [-0.15, -0.1) is 0 Å². The van der Waals surface area contributed by atoms with Crippen LogP contribution in [0.5, 0.6) is 0 Å². The standard InChI is InChI=1S/C15H29N3O/c16-14-10-6-7-12(14)11-17-15(19)18-13-8-4-2-1-3-5-9-13/h12-14H,1-11,16H2,(H2,17,18,19). The van der Waals surface area contributed by atoms with Crippen molar-refractivity contribution in [3.05, 3.63) is 0 Å². The molecule has 4 N–H and O–H groups in total. The van der Waals surface area contributed by atoms with Crippen LogP contribution in [0.3, 0.4) is 0 Å². The maximum Gasteiger partial charge on any atom is 0.315 e. The van der Waals surface area contributed by atoms with Gasteiger partial charge in [-0.2, -0.15) is 0 Å². The zero-order valence-electron chi connectivity index (χ0n) is 12.0. The van der Waals surface area contributed by atoms with Crippen LogP contribution in [-0.2, 0) is 0 Å². The van der Waals surface area contributed by atoms with E-state index in [9.17, 15) is 4.79 Å². The van der Waals surface area contributed by atoms with Crippen molar-refractivity contribution < 1.29 is 4.79 Å². The maximum atomic E-state index is 11.9. The van der Waals surface area contributed by atoms with Crippen LogP contribution >= 0.6 is 0 Å². The Kier molecular flexibility index (Phi) is 5.95. The van der Waals surface area contributed by atoms with Crippen LogP contribution in [0.4, 0.5) is 4.79 Å². The zero-order chi connectivity index (χ0) is 13.5. The van der Waals surface area contributed by atoms with E-state index in [-0.39, 0.29) is 12.1 Å². The summed E-state index contributed by atoms with van der Waals surface area (Å²) in [5, 5.41) is 6.14. The maximum absolute atomic E-state index is 11.9. The summed E-state index contributed by atoms with van der Waals surface area (Å²) in [6.45, 7) is 0.736. The number of hydrogen-bond acceptors (Lipinski definition) is 2. The van der Waals surface area contributed by atoms with E-state index in [1.54, 1.807) is 0 Å². The summed E-state index contributed by atoms with van der Waals surface area (Å²) in [6.07, 6.45) is 12.2. The number of nitrogens with two attached hydrogens (primary N) is 1. The lowest BCUT2D eigenvalue weighted by molar-refractivity contribution is 0.231. The highest BCUT2D eigenvalue weighted by Gasteiger charge is 2.24. The van der Waals surface area contributed by atoms with Gasteiger partial charge >= 0.3 is 6.03 Å². The van der Waals surface area contributed by atoms with Gasteiger partial charge in [0.25, 0.3) is 0 Å². The van der Waals surface area contributed by atoms with Gasteiger partial charge in [0.2, 0.25) is 0 Å². The van der Waals surface area contributed by atoms with E-state index in [2.05, 4.69) is 10.6 Å². The molecule has 4 heteroatoms. The number of rotatable bonds is 3. The minimum absolute atomic E-state index is 0.00433. The van der Waals surface area contributed by atoms with Gasteiger partial charge in [-0.25, -0.2) is 4.79 Å². The van der Waals surface area contributed by atoms with Gasteiger partial charge in [0.1, 0.15) is 0 Å². The molecule has 0 radical (unpaired) electrons. The highest BCUT2D eigenvalue weighted by Crippen LogP contribution is 2.23. The monoisotopic (exact) mass is 267 g/mol. The first-order valence-electron chi connectivity index (χ1n) is 8.05. The molecule has 2 aliphatic carbocycles. The van der Waals surface area contributed by atoms with Gasteiger partial charge < -0.3 is 16.4 Å². The molecule has 0 spiro atoms. The molecule has 2 amide bonds. The van der Waals surface area contributed by atoms with Crippen molar-refractivity contribution in [2.75, 3.05) is 6.54 Å². The lowest BCUT2D eigenvalue weighted by Gasteiger charge is -2.22. The Labute approximate surface area is 116 Å². The molecule has 19 heavy (non-hydrogen) atoms. The Bertz CT molecular complexity index is 275. The fourth-order valence-corrected chi connectivity index (χ4v) is 3.38. The molecule has 110 valence electrons. The molecule has 4 nitrogen and oxygen atoms in total. The fraction of sp³-hybridized carbons (Fsp3) is 0.933. The average molecular weight is 267 g/mol. The third kappa shape index (κ3) is 5.01. The Balaban J connectivity index is 1.65. The Morgan fingerprint density at radius 1 is 0.947 bits per heavy atom. The first kappa shape index (κ1) is 14.6. The summed E-state index contributed by atoms with van der Waals surface area (Å²) in [4.78, 5) is 11.9. The van der Waals surface area contributed by atoms with Gasteiger partial charge in [0.05, 0.1) is 0 Å². The molecule has 0 aromatic carbocycles. The van der Waals surface area contributed by atoms with Gasteiger partial charge in [0, 0.05) is 18.6 Å². The first-order valence-corrected chi connectivity index (χ1v) is 8.05. The Morgan fingerprint density at radius 3 is 2.26 bits per heavy atom. The number of carbonyl (C=O) groups excluding carboxylic acids is 1. The third-order valence-corrected chi connectivity index (χ3v) is 4.68. The van der Waals surface area contributed by atoms with Crippen LogP contribution in [0.2, 0.25) is 0 Å². The van der Waals surface area contributed by atoms with Crippen molar-refractivity contribution in [3.8, 4) is 0 Å². The molecule has 2 unspecified atom stereocenters. The van der Waals surface area contributed by atoms with Crippen LogP contribution in [0, 0.1) is 5.92 Å². The number of hydrogen-bond donors (Lipinski definition) is 3. The molecule has 0 bridgehead atoms. The minimum Gasteiger partial charge on any atom is -0.338 e. The van der Waals surface area contributed by atoms with Crippen LogP contribution in [0.25, 0.3) is 0 Å². The van der Waals surface area contributed by atoms with Crippen molar-refractivity contribution in [1.82, 2.24) is 10.6 Å². The predicted molar refractivity (Wildman–Crippen MR) is 78.0 cm³/mol. The second-order valence-electron chi connectivity index (χ2n) is 6.25. The number of amides is 2. The lowest BCUT2D eigenvalue weighted by atomic mass is 9.97. The Morgan fingerprint density at radius 2 is 1.63 bits per heavy atom. The number of nitrogens with one attached hydrogen (secondary N) is 2. The van der Waals surface area contributed by atoms with Crippen LogP contribution in [-0.4, -0.2) is 24.7 Å². The Hall–Kier alpha value is -0.770. The van der Waals surface area contributed by atoms with Gasteiger partial charge in [-0.3, -0.25) is 0 Å². The quantitative estimate of drug-likeness (QED) is 0.735. The van der Waals surface area contributed by atoms with E-state index in [1.165, 1.54) is 38.5 Å². The van der Waals surface area contributed by atoms with E-state index >= 15 is 0 Å². The minimum atomic E-state index is 0.00433. The molecule has 2 aliphatic rings. The second-order valence-corrected chi connectivity index (χ2v) is 6.25. The molecule has 0 heterocycles. The summed E-state index contributed by atoms with van der Waals surface area (Å²) < 4.78 is 0. The van der Waals surface area contributed by atoms with E-state index < -0.39 is 0 Å². The van der Waals surface area contributed by atoms with Crippen LogP contribution in [0.15, 0.2) is 0 Å². The van der Waals surface area contributed by atoms with Gasteiger partial charge in [-0.05, 0) is 31.6 Å². The highest BCUT2D eigenvalue weighted by molar-refractivity contribution is 5.74. The first-order chi connectivity index (χ1) is 9.25. The van der Waals surface area contributed by atoms with Gasteiger partial charge in [-0.1, -0.05) is 38.5 Å². The number of carbonyl (C=O) groups is 1. The molecule has 2 atom stereocenters. The summed E-state index contributed by atoms with van der Waals surface area (Å²) >= 11 is 0. The molecule has 0 aromatic rings. The van der Waals surface area contributed by atoms with Crippen molar-refractivity contribution in [2.45, 2.75) is 76.3 Å². The zero-order valence-corrected chi connectivity index (χ0v) is 12.0. The van der Waals surface area contributed by atoms with Crippen molar-refractivity contribution in [1.29, 1.82) is 0 Å². The average Bonchev–Trinajstić information content (AvgIpc) is 2.76. The largest absolute Gasteiger partial charge is 0.338 e. The second kappa shape index (κ2) is 7.73. The molecule has 0 aliphatic heterocycles. The SMILES string of the molecule is NC1CCCC1CNC(=O)NC1CCCCCCC1. The van der Waals surface area contributed by atoms with Crippen LogP contribution < -0.4 is 16.4 Å². The lowest BCUT2D eigenvalue weighted by Crippen LogP contribution is -2.45. The van der Waals surface area contributed by atoms with E-state index in [4.69, 9.17) is 5.73 Å². The molecule has 2 rings (SSSR count).